The molecule has 2 aliphatic rings. The summed E-state index contributed by atoms with van der Waals surface area (Å²) in [6.07, 6.45) is 5.75. The van der Waals surface area contributed by atoms with Gasteiger partial charge in [0, 0.05) is 63.6 Å². The van der Waals surface area contributed by atoms with Gasteiger partial charge in [-0.15, -0.1) is 0 Å². The Morgan fingerprint density at radius 2 is 1.83 bits per heavy atom. The second-order valence-corrected chi connectivity index (χ2v) is 13.3. The van der Waals surface area contributed by atoms with Crippen molar-refractivity contribution in [2.75, 3.05) is 49.9 Å². The molecule has 256 valence electrons. The normalized spacial score (nSPS) is 19.0. The van der Waals surface area contributed by atoms with Gasteiger partial charge in [0.2, 0.25) is 0 Å². The fourth-order valence-electron chi connectivity index (χ4n) is 6.12. The fourth-order valence-corrected chi connectivity index (χ4v) is 7.19. The van der Waals surface area contributed by atoms with Gasteiger partial charge in [-0.25, -0.2) is 31.6 Å². The molecule has 0 amide bonds. The lowest BCUT2D eigenvalue weighted by Gasteiger charge is -2.55. The molecular formula is C34H51F3N6O2S. The number of nitrogens with zero attached hydrogens (tertiary/aromatic N) is 5. The van der Waals surface area contributed by atoms with Crippen LogP contribution in [0.1, 0.15) is 66.4 Å². The average molecular weight is 665 g/mol. The summed E-state index contributed by atoms with van der Waals surface area (Å²) >= 11 is 0. The first-order chi connectivity index (χ1) is 21.9. The zero-order chi connectivity index (χ0) is 34.1. The lowest BCUT2D eigenvalue weighted by atomic mass is 9.80. The van der Waals surface area contributed by atoms with Gasteiger partial charge < -0.3 is 9.80 Å². The number of aromatic nitrogens is 2. The first kappa shape index (κ1) is 37.2. The molecular weight excluding hydrogens is 613 g/mol. The van der Waals surface area contributed by atoms with E-state index in [-0.39, 0.29) is 18.3 Å². The SMILES string of the molecule is CC.CC.CN1CC(N(C)[C@@]2(CCc3cccc(C(C)(F)F)c3)CCCN(c3ccc(S(=O)(=O)Nc4ccncn4)c(F)c3)C2)C1.[HH]. The van der Waals surface area contributed by atoms with Crippen LogP contribution in [0.5, 0.6) is 0 Å². The molecule has 12 heteroatoms. The van der Waals surface area contributed by atoms with Gasteiger partial charge in [-0.3, -0.25) is 9.62 Å². The summed E-state index contributed by atoms with van der Waals surface area (Å²) in [6.45, 7) is 12.1. The number of alkyl halides is 2. The summed E-state index contributed by atoms with van der Waals surface area (Å²) in [5.41, 5.74) is 1.20. The quantitative estimate of drug-likeness (QED) is 0.249. The van der Waals surface area contributed by atoms with Crippen LogP contribution in [-0.4, -0.2) is 80.0 Å². The molecule has 5 rings (SSSR count). The largest absolute Gasteiger partial charge is 0.370 e. The zero-order valence-corrected chi connectivity index (χ0v) is 28.9. The van der Waals surface area contributed by atoms with Crippen LogP contribution in [0.3, 0.4) is 0 Å². The molecule has 0 saturated carbocycles. The number of halogens is 3. The minimum Gasteiger partial charge on any atom is -0.370 e. The average Bonchev–Trinajstić information content (AvgIpc) is 3.04. The van der Waals surface area contributed by atoms with Crippen molar-refractivity contribution in [1.82, 2.24) is 19.8 Å². The minimum atomic E-state index is -4.19. The van der Waals surface area contributed by atoms with E-state index < -0.39 is 26.7 Å². The monoisotopic (exact) mass is 664 g/mol. The molecule has 2 fully saturated rings. The topological polar surface area (TPSA) is 81.7 Å². The smallest absolute Gasteiger partial charge is 0.270 e. The molecule has 1 aromatic heterocycles. The molecule has 0 aliphatic carbocycles. The first-order valence-corrected chi connectivity index (χ1v) is 17.6. The van der Waals surface area contributed by atoms with Crippen molar-refractivity contribution in [2.45, 2.75) is 82.7 Å². The number of anilines is 2. The predicted molar refractivity (Wildman–Crippen MR) is 182 cm³/mol. The van der Waals surface area contributed by atoms with E-state index in [2.05, 4.69) is 43.5 Å². The van der Waals surface area contributed by atoms with Gasteiger partial charge in [0.15, 0.2) is 0 Å². The second-order valence-electron chi connectivity index (χ2n) is 11.6. The highest BCUT2D eigenvalue weighted by Crippen LogP contribution is 2.37. The molecule has 0 radical (unpaired) electrons. The Morgan fingerprint density at radius 1 is 1.11 bits per heavy atom. The number of likely N-dealkylation sites (tertiary alicyclic amines) is 1. The van der Waals surface area contributed by atoms with E-state index in [1.165, 1.54) is 36.8 Å². The van der Waals surface area contributed by atoms with Gasteiger partial charge in [0.05, 0.1) is 0 Å². The fraction of sp³-hybridized carbons (Fsp3) is 0.529. The molecule has 2 saturated heterocycles. The number of sulfonamides is 1. The van der Waals surface area contributed by atoms with Gasteiger partial charge in [0.1, 0.15) is 22.9 Å². The predicted octanol–water partition coefficient (Wildman–Crippen LogP) is 7.04. The zero-order valence-electron chi connectivity index (χ0n) is 28.1. The summed E-state index contributed by atoms with van der Waals surface area (Å²) < 4.78 is 71.4. The molecule has 46 heavy (non-hydrogen) atoms. The number of aryl methyl sites for hydroxylation is 1. The minimum absolute atomic E-state index is 0. The second kappa shape index (κ2) is 16.1. The third-order valence-electron chi connectivity index (χ3n) is 8.60. The van der Waals surface area contributed by atoms with Gasteiger partial charge in [-0.1, -0.05) is 45.9 Å². The highest BCUT2D eigenvalue weighted by molar-refractivity contribution is 7.92. The van der Waals surface area contributed by atoms with Gasteiger partial charge in [-0.2, -0.15) is 0 Å². The Morgan fingerprint density at radius 3 is 2.43 bits per heavy atom. The summed E-state index contributed by atoms with van der Waals surface area (Å²) in [4.78, 5) is 13.9. The van der Waals surface area contributed by atoms with Crippen LogP contribution < -0.4 is 9.62 Å². The summed E-state index contributed by atoms with van der Waals surface area (Å²) in [5, 5.41) is 0. The van der Waals surface area contributed by atoms with E-state index in [0.717, 1.165) is 44.8 Å². The maximum absolute atomic E-state index is 15.3. The van der Waals surface area contributed by atoms with E-state index >= 15 is 4.39 Å². The molecule has 0 unspecified atom stereocenters. The molecule has 1 N–H and O–H groups in total. The van der Waals surface area contributed by atoms with Crippen molar-refractivity contribution in [1.29, 1.82) is 0 Å². The van der Waals surface area contributed by atoms with Crippen LogP contribution in [0.25, 0.3) is 0 Å². The highest BCUT2D eigenvalue weighted by Gasteiger charge is 2.44. The maximum atomic E-state index is 15.3. The van der Waals surface area contributed by atoms with E-state index in [4.69, 9.17) is 0 Å². The van der Waals surface area contributed by atoms with E-state index in [1.807, 2.05) is 33.8 Å². The first-order valence-electron chi connectivity index (χ1n) is 16.1. The Bertz CT molecular complexity index is 1510. The van der Waals surface area contributed by atoms with Gasteiger partial charge in [-0.05, 0) is 75.7 Å². The number of rotatable bonds is 10. The molecule has 8 nitrogen and oxygen atoms in total. The van der Waals surface area contributed by atoms with Crippen LogP contribution in [0, 0.1) is 5.82 Å². The number of likely N-dealkylation sites (N-methyl/N-ethyl adjacent to an activating group) is 2. The number of benzene rings is 2. The molecule has 2 aliphatic heterocycles. The molecule has 0 bridgehead atoms. The Kier molecular flexibility index (Phi) is 13.0. The number of nitrogens with one attached hydrogen (secondary N) is 1. The number of hydrogen-bond acceptors (Lipinski definition) is 7. The third kappa shape index (κ3) is 8.98. The van der Waals surface area contributed by atoms with Crippen molar-refractivity contribution >= 4 is 21.5 Å². The summed E-state index contributed by atoms with van der Waals surface area (Å²) in [7, 11) is 0.0203. The van der Waals surface area contributed by atoms with Gasteiger partial charge >= 0.3 is 0 Å². The Hall–Kier alpha value is -3.22. The lowest BCUT2D eigenvalue weighted by molar-refractivity contribution is -0.0185. The van der Waals surface area contributed by atoms with Gasteiger partial charge in [0.25, 0.3) is 15.9 Å². The van der Waals surface area contributed by atoms with Crippen LogP contribution in [0.15, 0.2) is 66.0 Å². The Balaban J connectivity index is 0.00000148. The van der Waals surface area contributed by atoms with E-state index in [9.17, 15) is 17.2 Å². The van der Waals surface area contributed by atoms with Crippen molar-refractivity contribution in [3.63, 3.8) is 0 Å². The maximum Gasteiger partial charge on any atom is 0.270 e. The third-order valence-corrected chi connectivity index (χ3v) is 9.99. The molecule has 3 heterocycles. The molecule has 3 aromatic rings. The molecule has 1 atom stereocenters. The number of hydrogen-bond donors (Lipinski definition) is 1. The molecule has 0 spiro atoms. The summed E-state index contributed by atoms with van der Waals surface area (Å²) in [6, 6.07) is 12.6. The Labute approximate surface area is 274 Å². The van der Waals surface area contributed by atoms with Crippen molar-refractivity contribution in [2.24, 2.45) is 0 Å². The van der Waals surface area contributed by atoms with Crippen molar-refractivity contribution in [3.8, 4) is 0 Å². The van der Waals surface area contributed by atoms with Crippen molar-refractivity contribution in [3.05, 3.63) is 78.0 Å². The van der Waals surface area contributed by atoms with Crippen molar-refractivity contribution < 1.29 is 23.0 Å². The van der Waals surface area contributed by atoms with Crippen LogP contribution in [0.4, 0.5) is 24.7 Å². The number of piperidine rings is 1. The summed E-state index contributed by atoms with van der Waals surface area (Å²) in [5.74, 6) is -3.71. The highest BCUT2D eigenvalue weighted by atomic mass is 32.2. The van der Waals surface area contributed by atoms with E-state index in [0.29, 0.717) is 31.2 Å². The van der Waals surface area contributed by atoms with Crippen LogP contribution in [0.2, 0.25) is 0 Å². The van der Waals surface area contributed by atoms with E-state index in [1.54, 1.807) is 18.2 Å². The van der Waals surface area contributed by atoms with Crippen LogP contribution in [-0.2, 0) is 22.4 Å². The standard InChI is InChI=1S/C30H37F3N6O2S.2C2H6.H2/c1-29(32,33)23-7-4-6-22(16-23)10-13-30(38(3)25-18-37(2)19-25)12-5-15-39(20-30)24-8-9-27(26(31)17-24)42(40,41)36-28-11-14-34-21-35-28;2*1-2;/h4,6-9,11,14,16-17,21,25H,5,10,12-13,15,18-20H2,1-3H3,(H,34,35,36);2*1-2H3;1H/t30-;;;/m1.../s1. The molecule has 2 aromatic carbocycles. The van der Waals surface area contributed by atoms with Crippen LogP contribution >= 0.6 is 0 Å². The lowest BCUT2D eigenvalue weighted by Crippen LogP contribution is -2.67.